The number of carbonyl (C=O) groups is 1. The first kappa shape index (κ1) is 20.8. The summed E-state index contributed by atoms with van der Waals surface area (Å²) in [5.74, 6) is -0.732. The quantitative estimate of drug-likeness (QED) is 0.689. The van der Waals surface area contributed by atoms with Crippen molar-refractivity contribution >= 4 is 31.6 Å². The van der Waals surface area contributed by atoms with Gasteiger partial charge in [-0.15, -0.1) is 0 Å². The minimum atomic E-state index is -3.75. The average Bonchev–Trinajstić information content (AvgIpc) is 2.60. The Labute approximate surface area is 154 Å². The molecule has 0 spiro atoms. The van der Waals surface area contributed by atoms with Gasteiger partial charge in [0, 0.05) is 25.8 Å². The maximum Gasteiger partial charge on any atom is 0.264 e. The number of anilines is 1. The fraction of sp³-hybridized carbons (Fsp3) is 0.533. The SMILES string of the molecule is CON(C)S(=O)(=O)c1ccc(NC(=O)C2CCCN(S(C)(=O)=O)C2)cc1. The molecule has 0 bridgehead atoms. The van der Waals surface area contributed by atoms with Crippen molar-refractivity contribution in [1.29, 1.82) is 0 Å². The molecule has 1 amide bonds. The van der Waals surface area contributed by atoms with E-state index in [4.69, 9.17) is 4.84 Å². The normalized spacial score (nSPS) is 19.5. The van der Waals surface area contributed by atoms with E-state index >= 15 is 0 Å². The first-order valence-corrected chi connectivity index (χ1v) is 11.2. The Hall–Kier alpha value is -1.53. The molecule has 1 aromatic rings. The molecule has 0 aliphatic carbocycles. The van der Waals surface area contributed by atoms with E-state index in [0.29, 0.717) is 25.1 Å². The van der Waals surface area contributed by atoms with Gasteiger partial charge in [-0.05, 0) is 37.1 Å². The number of piperidine rings is 1. The van der Waals surface area contributed by atoms with Crippen molar-refractivity contribution in [3.05, 3.63) is 24.3 Å². The fourth-order valence-corrected chi connectivity index (χ4v) is 4.54. The highest BCUT2D eigenvalue weighted by atomic mass is 32.2. The number of benzene rings is 1. The zero-order valence-electron chi connectivity index (χ0n) is 14.9. The van der Waals surface area contributed by atoms with Gasteiger partial charge in [-0.1, -0.05) is 4.47 Å². The lowest BCUT2D eigenvalue weighted by Gasteiger charge is -2.30. The number of hydroxylamine groups is 1. The first-order chi connectivity index (χ1) is 12.1. The van der Waals surface area contributed by atoms with Crippen LogP contribution >= 0.6 is 0 Å². The summed E-state index contributed by atoms with van der Waals surface area (Å²) in [4.78, 5) is 17.1. The van der Waals surface area contributed by atoms with Gasteiger partial charge in [-0.25, -0.2) is 21.1 Å². The van der Waals surface area contributed by atoms with Crippen molar-refractivity contribution in [2.75, 3.05) is 38.8 Å². The summed E-state index contributed by atoms with van der Waals surface area (Å²) in [5, 5.41) is 2.71. The van der Waals surface area contributed by atoms with Crippen molar-refractivity contribution in [2.45, 2.75) is 17.7 Å². The molecule has 1 fully saturated rings. The Morgan fingerprint density at radius 2 is 1.85 bits per heavy atom. The Kier molecular flexibility index (Phi) is 6.40. The van der Waals surface area contributed by atoms with Gasteiger partial charge in [-0.3, -0.25) is 9.63 Å². The molecule has 1 heterocycles. The fourth-order valence-electron chi connectivity index (χ4n) is 2.66. The van der Waals surface area contributed by atoms with Crippen molar-refractivity contribution in [2.24, 2.45) is 5.92 Å². The van der Waals surface area contributed by atoms with Crippen LogP contribution in [0.4, 0.5) is 5.69 Å². The zero-order chi connectivity index (χ0) is 19.5. The zero-order valence-corrected chi connectivity index (χ0v) is 16.5. The molecular weight excluding hydrogens is 382 g/mol. The predicted molar refractivity (Wildman–Crippen MR) is 96.2 cm³/mol. The average molecular weight is 405 g/mol. The van der Waals surface area contributed by atoms with E-state index in [9.17, 15) is 21.6 Å². The molecule has 0 aromatic heterocycles. The predicted octanol–water partition coefficient (Wildman–Crippen LogP) is 0.479. The molecule has 1 aliphatic rings. The van der Waals surface area contributed by atoms with Crippen molar-refractivity contribution in [3.8, 4) is 0 Å². The second kappa shape index (κ2) is 8.01. The lowest BCUT2D eigenvalue weighted by molar-refractivity contribution is -0.120. The van der Waals surface area contributed by atoms with E-state index in [1.54, 1.807) is 0 Å². The summed E-state index contributed by atoms with van der Waals surface area (Å²) in [5.41, 5.74) is 0.436. The molecule has 0 saturated carbocycles. The number of rotatable bonds is 6. The number of hydrogen-bond donors (Lipinski definition) is 1. The van der Waals surface area contributed by atoms with Crippen molar-refractivity contribution < 1.29 is 26.5 Å². The monoisotopic (exact) mass is 405 g/mol. The number of nitrogens with zero attached hydrogens (tertiary/aromatic N) is 2. The third kappa shape index (κ3) is 4.80. The van der Waals surface area contributed by atoms with Gasteiger partial charge >= 0.3 is 0 Å². The number of nitrogens with one attached hydrogen (secondary N) is 1. The van der Waals surface area contributed by atoms with Crippen molar-refractivity contribution in [1.82, 2.24) is 8.77 Å². The summed E-state index contributed by atoms with van der Waals surface area (Å²) >= 11 is 0. The highest BCUT2D eigenvalue weighted by molar-refractivity contribution is 7.89. The number of hydrogen-bond acceptors (Lipinski definition) is 6. The van der Waals surface area contributed by atoms with Crippen LogP contribution in [-0.2, 0) is 29.7 Å². The van der Waals surface area contributed by atoms with Crippen LogP contribution in [0.15, 0.2) is 29.2 Å². The molecule has 9 nitrogen and oxygen atoms in total. The maximum atomic E-state index is 12.4. The van der Waals surface area contributed by atoms with Gasteiger partial charge in [0.1, 0.15) is 0 Å². The summed E-state index contributed by atoms with van der Waals surface area (Å²) in [6.45, 7) is 0.567. The van der Waals surface area contributed by atoms with E-state index in [0.717, 1.165) is 10.7 Å². The minimum absolute atomic E-state index is 0.0285. The highest BCUT2D eigenvalue weighted by Crippen LogP contribution is 2.22. The molecule has 1 atom stereocenters. The number of amides is 1. The molecule has 146 valence electrons. The Bertz CT molecular complexity index is 852. The Morgan fingerprint density at radius 3 is 2.38 bits per heavy atom. The lowest BCUT2D eigenvalue weighted by Crippen LogP contribution is -2.43. The van der Waals surface area contributed by atoms with Gasteiger partial charge in [0.2, 0.25) is 15.9 Å². The summed E-state index contributed by atoms with van der Waals surface area (Å²) in [6, 6.07) is 5.69. The highest BCUT2D eigenvalue weighted by Gasteiger charge is 2.30. The molecular formula is C15H23N3O6S2. The minimum Gasteiger partial charge on any atom is -0.326 e. The van der Waals surface area contributed by atoms with Gasteiger partial charge < -0.3 is 5.32 Å². The Morgan fingerprint density at radius 1 is 1.23 bits per heavy atom. The molecule has 11 heteroatoms. The van der Waals surface area contributed by atoms with Gasteiger partial charge in [-0.2, -0.15) is 0 Å². The van der Waals surface area contributed by atoms with Crippen LogP contribution in [0.25, 0.3) is 0 Å². The maximum absolute atomic E-state index is 12.4. The lowest BCUT2D eigenvalue weighted by atomic mass is 9.99. The Balaban J connectivity index is 2.06. The van der Waals surface area contributed by atoms with Crippen LogP contribution in [0.1, 0.15) is 12.8 Å². The van der Waals surface area contributed by atoms with E-state index in [2.05, 4.69) is 5.32 Å². The van der Waals surface area contributed by atoms with Gasteiger partial charge in [0.25, 0.3) is 10.0 Å². The molecule has 2 rings (SSSR count). The largest absolute Gasteiger partial charge is 0.326 e. The number of carbonyl (C=O) groups excluding carboxylic acids is 1. The molecule has 1 unspecified atom stereocenters. The topological polar surface area (TPSA) is 113 Å². The number of sulfonamides is 2. The standard InChI is InChI=1S/C15H23N3O6S2/c1-17(24-2)26(22,23)14-8-6-13(7-9-14)16-15(19)12-5-4-10-18(11-12)25(3,20)21/h6-9,12H,4-5,10-11H2,1-3H3,(H,16,19). The molecule has 1 aromatic carbocycles. The molecule has 26 heavy (non-hydrogen) atoms. The van der Waals surface area contributed by atoms with Gasteiger partial charge in [0.05, 0.1) is 24.2 Å². The van der Waals surface area contributed by atoms with Gasteiger partial charge in [0.15, 0.2) is 0 Å². The van der Waals surface area contributed by atoms with E-state index in [-0.39, 0.29) is 17.3 Å². The summed E-state index contributed by atoms with van der Waals surface area (Å²) in [7, 11) is -4.56. The molecule has 1 saturated heterocycles. The van der Waals surface area contributed by atoms with Crippen molar-refractivity contribution in [3.63, 3.8) is 0 Å². The molecule has 1 N–H and O–H groups in total. The first-order valence-electron chi connectivity index (χ1n) is 7.95. The second-order valence-electron chi connectivity index (χ2n) is 6.07. The second-order valence-corrected chi connectivity index (χ2v) is 9.99. The smallest absolute Gasteiger partial charge is 0.264 e. The van der Waals surface area contributed by atoms with E-state index < -0.39 is 26.0 Å². The van der Waals surface area contributed by atoms with Crippen LogP contribution in [0.3, 0.4) is 0 Å². The van der Waals surface area contributed by atoms with E-state index in [1.165, 1.54) is 42.7 Å². The third-order valence-corrected chi connectivity index (χ3v) is 7.20. The molecule has 1 aliphatic heterocycles. The van der Waals surface area contributed by atoms with Crippen LogP contribution in [-0.4, -0.2) is 65.0 Å². The third-order valence-electron chi connectivity index (χ3n) is 4.24. The molecule has 0 radical (unpaired) electrons. The van der Waals surface area contributed by atoms with Crippen LogP contribution in [0.2, 0.25) is 0 Å². The van der Waals surface area contributed by atoms with E-state index in [1.807, 2.05) is 0 Å². The van der Waals surface area contributed by atoms with Crippen LogP contribution in [0.5, 0.6) is 0 Å². The van der Waals surface area contributed by atoms with Crippen LogP contribution in [0, 0.1) is 5.92 Å². The summed E-state index contributed by atoms with van der Waals surface area (Å²) in [6.07, 6.45) is 2.35. The van der Waals surface area contributed by atoms with Crippen LogP contribution < -0.4 is 5.32 Å². The summed E-state index contributed by atoms with van der Waals surface area (Å²) < 4.78 is 49.6.